The molecular formula is C22H32BN3O2. The Balaban J connectivity index is 1.54. The van der Waals surface area contributed by atoms with Crippen molar-refractivity contribution in [2.75, 3.05) is 26.2 Å². The summed E-state index contributed by atoms with van der Waals surface area (Å²) < 4.78 is 8.09. The zero-order chi connectivity index (χ0) is 19.9. The number of nitrogens with zero attached hydrogens (tertiary/aromatic N) is 2. The number of aryl methyl sites for hydroxylation is 1. The lowest BCUT2D eigenvalue weighted by atomic mass is 9.73. The number of Topliss-reactive ketones (excluding diaryl/α,β-unsaturated/α-hetero) is 1. The second kappa shape index (κ2) is 10.0. The first-order valence-electron chi connectivity index (χ1n) is 10.6. The van der Waals surface area contributed by atoms with Crippen LogP contribution in [-0.2, 0) is 11.3 Å². The van der Waals surface area contributed by atoms with Gasteiger partial charge in [0.05, 0.1) is 12.7 Å². The molecular weight excluding hydrogens is 349 g/mol. The number of hydrogen-bond acceptors (Lipinski definition) is 4. The molecule has 150 valence electrons. The van der Waals surface area contributed by atoms with E-state index in [1.54, 1.807) is 6.92 Å². The SMILES string of the molecule is CBc1ccc2c(C(C)=O)cn(CCCN3CCC(OCCC=N)CC3)c2c1. The Morgan fingerprint density at radius 2 is 2.11 bits per heavy atom. The third-order valence-electron chi connectivity index (χ3n) is 5.76. The fourth-order valence-corrected chi connectivity index (χ4v) is 4.08. The zero-order valence-corrected chi connectivity index (χ0v) is 17.2. The summed E-state index contributed by atoms with van der Waals surface area (Å²) in [7, 11) is 1.01. The van der Waals surface area contributed by atoms with E-state index in [2.05, 4.69) is 34.5 Å². The Hall–Kier alpha value is -1.92. The second-order valence-electron chi connectivity index (χ2n) is 7.76. The van der Waals surface area contributed by atoms with E-state index in [0.717, 1.165) is 63.7 Å². The molecule has 28 heavy (non-hydrogen) atoms. The number of likely N-dealkylation sites (tertiary alicyclic amines) is 1. The summed E-state index contributed by atoms with van der Waals surface area (Å²) in [5, 5.41) is 8.14. The Labute approximate surface area is 168 Å². The van der Waals surface area contributed by atoms with Crippen molar-refractivity contribution in [1.29, 1.82) is 5.41 Å². The van der Waals surface area contributed by atoms with Gasteiger partial charge in [-0.15, -0.1) is 0 Å². The number of benzene rings is 1. The third-order valence-corrected chi connectivity index (χ3v) is 5.76. The van der Waals surface area contributed by atoms with Gasteiger partial charge in [-0.3, -0.25) is 4.79 Å². The van der Waals surface area contributed by atoms with Crippen molar-refractivity contribution in [3.8, 4) is 0 Å². The molecule has 1 aromatic carbocycles. The van der Waals surface area contributed by atoms with Gasteiger partial charge in [0.2, 0.25) is 0 Å². The number of rotatable bonds is 10. The molecule has 3 rings (SSSR count). The Morgan fingerprint density at radius 1 is 1.32 bits per heavy atom. The van der Waals surface area contributed by atoms with E-state index in [9.17, 15) is 4.79 Å². The molecule has 0 bridgehead atoms. The standard InChI is InChI=1S/C22H32BN3O2/c1-17(27)21-16-26(22-15-18(23-2)5-6-20(21)22)11-4-10-25-12-7-19(8-13-25)28-14-3-9-24/h5-6,9,15-16,19,23-24H,3-4,7-8,10-14H2,1-2H3. The van der Waals surface area contributed by atoms with Crippen LogP contribution in [0.15, 0.2) is 24.4 Å². The van der Waals surface area contributed by atoms with Crippen LogP contribution in [0.25, 0.3) is 10.9 Å². The van der Waals surface area contributed by atoms with Crippen LogP contribution in [0.4, 0.5) is 0 Å². The normalized spacial score (nSPS) is 15.8. The highest BCUT2D eigenvalue weighted by atomic mass is 16.5. The predicted octanol–water partition coefficient (Wildman–Crippen LogP) is 2.86. The molecule has 0 aliphatic carbocycles. The second-order valence-corrected chi connectivity index (χ2v) is 7.76. The number of hydrogen-bond donors (Lipinski definition) is 1. The van der Waals surface area contributed by atoms with Crippen molar-refractivity contribution in [1.82, 2.24) is 9.47 Å². The maximum atomic E-state index is 12.0. The average Bonchev–Trinajstić information content (AvgIpc) is 3.07. The molecule has 0 unspecified atom stereocenters. The highest BCUT2D eigenvalue weighted by Gasteiger charge is 2.19. The van der Waals surface area contributed by atoms with E-state index >= 15 is 0 Å². The van der Waals surface area contributed by atoms with Crippen LogP contribution < -0.4 is 5.46 Å². The lowest BCUT2D eigenvalue weighted by Crippen LogP contribution is -2.37. The summed E-state index contributed by atoms with van der Waals surface area (Å²) >= 11 is 0. The Morgan fingerprint density at radius 3 is 2.79 bits per heavy atom. The number of piperidine rings is 1. The van der Waals surface area contributed by atoms with Crippen molar-refractivity contribution < 1.29 is 9.53 Å². The van der Waals surface area contributed by atoms with E-state index in [-0.39, 0.29) is 5.78 Å². The summed E-state index contributed by atoms with van der Waals surface area (Å²) in [6, 6.07) is 6.47. The fourth-order valence-electron chi connectivity index (χ4n) is 4.08. The molecule has 0 radical (unpaired) electrons. The zero-order valence-electron chi connectivity index (χ0n) is 17.2. The summed E-state index contributed by atoms with van der Waals surface area (Å²) in [4.78, 5) is 14.5. The lowest BCUT2D eigenvalue weighted by Gasteiger charge is -2.31. The number of carbonyl (C=O) groups excluding carboxylic acids is 1. The highest BCUT2D eigenvalue weighted by Crippen LogP contribution is 2.22. The number of aromatic nitrogens is 1. The summed E-state index contributed by atoms with van der Waals surface area (Å²) in [6.45, 7) is 8.68. The number of fused-ring (bicyclic) bond motifs is 1. The lowest BCUT2D eigenvalue weighted by molar-refractivity contribution is 0.0109. The highest BCUT2D eigenvalue weighted by molar-refractivity contribution is 6.52. The van der Waals surface area contributed by atoms with Crippen molar-refractivity contribution >= 4 is 35.6 Å². The van der Waals surface area contributed by atoms with Crippen LogP contribution in [0.2, 0.25) is 6.82 Å². The van der Waals surface area contributed by atoms with Gasteiger partial charge in [-0.25, -0.2) is 0 Å². The number of ketones is 1. The van der Waals surface area contributed by atoms with Crippen molar-refractivity contribution in [3.63, 3.8) is 0 Å². The van der Waals surface area contributed by atoms with E-state index in [0.29, 0.717) is 19.1 Å². The van der Waals surface area contributed by atoms with Crippen LogP contribution in [-0.4, -0.2) is 61.1 Å². The minimum Gasteiger partial charge on any atom is -0.378 e. The number of ether oxygens (including phenoxy) is 1. The summed E-state index contributed by atoms with van der Waals surface area (Å²) in [5.41, 5.74) is 3.33. The fraction of sp³-hybridized carbons (Fsp3) is 0.545. The molecule has 1 fully saturated rings. The molecule has 1 saturated heterocycles. The van der Waals surface area contributed by atoms with Gasteiger partial charge < -0.3 is 19.6 Å². The third kappa shape index (κ3) is 5.12. The van der Waals surface area contributed by atoms with Gasteiger partial charge in [-0.05, 0) is 45.0 Å². The van der Waals surface area contributed by atoms with Gasteiger partial charge in [0.15, 0.2) is 13.1 Å². The van der Waals surface area contributed by atoms with E-state index in [4.69, 9.17) is 10.1 Å². The first-order chi connectivity index (χ1) is 13.6. The van der Waals surface area contributed by atoms with E-state index in [1.165, 1.54) is 17.2 Å². The summed E-state index contributed by atoms with van der Waals surface area (Å²) in [5.74, 6) is 0.137. The first kappa shape index (κ1) is 20.8. The van der Waals surface area contributed by atoms with Crippen molar-refractivity contribution in [2.24, 2.45) is 0 Å². The molecule has 1 N–H and O–H groups in total. The molecule has 1 aliphatic rings. The molecule has 2 aromatic rings. The monoisotopic (exact) mass is 381 g/mol. The minimum atomic E-state index is 0.137. The van der Waals surface area contributed by atoms with Gasteiger partial charge in [0.25, 0.3) is 0 Å². The van der Waals surface area contributed by atoms with Gasteiger partial charge in [-0.1, -0.05) is 24.4 Å². The molecule has 6 heteroatoms. The largest absolute Gasteiger partial charge is 0.378 e. The minimum absolute atomic E-state index is 0.137. The molecule has 0 saturated carbocycles. The molecule has 1 aliphatic heterocycles. The average molecular weight is 381 g/mol. The van der Waals surface area contributed by atoms with E-state index in [1.807, 2.05) is 6.20 Å². The molecule has 0 atom stereocenters. The predicted molar refractivity (Wildman–Crippen MR) is 118 cm³/mol. The molecule has 0 spiro atoms. The van der Waals surface area contributed by atoms with Crippen LogP contribution in [0.1, 0.15) is 43.0 Å². The summed E-state index contributed by atoms with van der Waals surface area (Å²) in [6.07, 6.45) is 7.77. The van der Waals surface area contributed by atoms with Crippen LogP contribution >= 0.6 is 0 Å². The van der Waals surface area contributed by atoms with E-state index < -0.39 is 0 Å². The van der Waals surface area contributed by atoms with Crippen LogP contribution in [0.3, 0.4) is 0 Å². The first-order valence-corrected chi connectivity index (χ1v) is 10.6. The van der Waals surface area contributed by atoms with Crippen LogP contribution in [0.5, 0.6) is 0 Å². The smallest absolute Gasteiger partial charge is 0.161 e. The molecule has 2 heterocycles. The Bertz CT molecular complexity index is 809. The molecule has 5 nitrogen and oxygen atoms in total. The molecule has 1 aromatic heterocycles. The van der Waals surface area contributed by atoms with Gasteiger partial charge >= 0.3 is 0 Å². The van der Waals surface area contributed by atoms with Gasteiger partial charge in [-0.2, -0.15) is 0 Å². The topological polar surface area (TPSA) is 58.3 Å². The maximum Gasteiger partial charge on any atom is 0.161 e. The van der Waals surface area contributed by atoms with Crippen molar-refractivity contribution in [2.45, 2.75) is 52.1 Å². The van der Waals surface area contributed by atoms with Crippen LogP contribution in [0, 0.1) is 5.41 Å². The molecule has 0 amide bonds. The van der Waals surface area contributed by atoms with Gasteiger partial charge in [0, 0.05) is 48.7 Å². The van der Waals surface area contributed by atoms with Gasteiger partial charge in [0.1, 0.15) is 0 Å². The van der Waals surface area contributed by atoms with Crippen molar-refractivity contribution in [3.05, 3.63) is 30.0 Å². The number of carbonyl (C=O) groups is 1. The quantitative estimate of drug-likeness (QED) is 0.298. The number of nitrogens with one attached hydrogen (secondary N) is 1. The maximum absolute atomic E-state index is 12.0. The Kier molecular flexibility index (Phi) is 7.46.